The van der Waals surface area contributed by atoms with Crippen molar-refractivity contribution in [2.45, 2.75) is 13.8 Å². The second kappa shape index (κ2) is 6.53. The molecule has 1 heterocycles. The van der Waals surface area contributed by atoms with Gasteiger partial charge in [0.1, 0.15) is 5.56 Å². The van der Waals surface area contributed by atoms with E-state index in [2.05, 4.69) is 10.3 Å². The molecular formula is C16H18N4O4. The molecule has 8 nitrogen and oxygen atoms in total. The normalized spacial score (nSPS) is 11.0. The Morgan fingerprint density at radius 1 is 1.21 bits per heavy atom. The molecule has 0 saturated heterocycles. The van der Waals surface area contributed by atoms with Gasteiger partial charge in [-0.2, -0.15) is 0 Å². The summed E-state index contributed by atoms with van der Waals surface area (Å²) in [5.74, 6) is -0.550. The predicted octanol–water partition coefficient (Wildman–Crippen LogP) is 1.06. The quantitative estimate of drug-likeness (QED) is 0.803. The molecule has 0 bridgehead atoms. The van der Waals surface area contributed by atoms with Crippen LogP contribution in [0.3, 0.4) is 0 Å². The Morgan fingerprint density at radius 3 is 2.54 bits per heavy atom. The van der Waals surface area contributed by atoms with Crippen molar-refractivity contribution in [3.05, 3.63) is 55.7 Å². The minimum atomic E-state index is -0.737. The van der Waals surface area contributed by atoms with Gasteiger partial charge in [0, 0.05) is 19.8 Å². The first-order valence-corrected chi connectivity index (χ1v) is 7.14. The summed E-state index contributed by atoms with van der Waals surface area (Å²) in [6.45, 7) is 3.78. The van der Waals surface area contributed by atoms with Gasteiger partial charge in [-0.3, -0.25) is 13.9 Å². The minimum Gasteiger partial charge on any atom is -0.494 e. The zero-order valence-electron chi connectivity index (χ0n) is 13.8. The predicted molar refractivity (Wildman–Crippen MR) is 91.1 cm³/mol. The molecule has 0 saturated carbocycles. The van der Waals surface area contributed by atoms with Crippen LogP contribution in [0.2, 0.25) is 0 Å². The number of hydrogen-bond acceptors (Lipinski definition) is 4. The maximum Gasteiger partial charge on any atom is 0.345 e. The molecule has 2 aromatic rings. The van der Waals surface area contributed by atoms with Crippen LogP contribution in [0, 0.1) is 13.8 Å². The van der Waals surface area contributed by atoms with Gasteiger partial charge in [0.05, 0.1) is 6.21 Å². The number of carbonyl (C=O) groups excluding carboxylic acids is 1. The van der Waals surface area contributed by atoms with Crippen molar-refractivity contribution >= 4 is 17.9 Å². The van der Waals surface area contributed by atoms with Crippen molar-refractivity contribution in [3.8, 4) is 5.88 Å². The molecule has 2 N–H and O–H groups in total. The van der Waals surface area contributed by atoms with E-state index in [1.807, 2.05) is 19.9 Å². The molecule has 0 aliphatic carbocycles. The molecule has 1 aromatic heterocycles. The maximum absolute atomic E-state index is 12.0. The summed E-state index contributed by atoms with van der Waals surface area (Å²) in [5.41, 5.74) is 0.877. The molecular weight excluding hydrogens is 312 g/mol. The lowest BCUT2D eigenvalue weighted by molar-refractivity contribution is 0.259. The highest BCUT2D eigenvalue weighted by molar-refractivity contribution is 5.99. The fraction of sp³-hybridized carbons (Fsp3) is 0.250. The largest absolute Gasteiger partial charge is 0.494 e. The summed E-state index contributed by atoms with van der Waals surface area (Å²) in [7, 11) is 2.59. The van der Waals surface area contributed by atoms with Crippen LogP contribution >= 0.6 is 0 Å². The third-order valence-corrected chi connectivity index (χ3v) is 3.82. The lowest BCUT2D eigenvalue weighted by atomic mass is 10.1. The van der Waals surface area contributed by atoms with Gasteiger partial charge in [-0.15, -0.1) is 0 Å². The maximum atomic E-state index is 12.0. The Balaban J connectivity index is 2.32. The fourth-order valence-corrected chi connectivity index (χ4v) is 2.13. The molecule has 2 rings (SSSR count). The van der Waals surface area contributed by atoms with Crippen LogP contribution in [-0.2, 0) is 14.1 Å². The third-order valence-electron chi connectivity index (χ3n) is 3.82. The molecule has 24 heavy (non-hydrogen) atoms. The molecule has 0 unspecified atom stereocenters. The number of aromatic nitrogens is 2. The third kappa shape index (κ3) is 3.12. The van der Waals surface area contributed by atoms with Crippen molar-refractivity contribution in [1.82, 2.24) is 9.13 Å². The van der Waals surface area contributed by atoms with Crippen LogP contribution in [0.25, 0.3) is 0 Å². The average Bonchev–Trinajstić information content (AvgIpc) is 2.55. The van der Waals surface area contributed by atoms with Gasteiger partial charge in [-0.25, -0.2) is 14.6 Å². The number of aliphatic imine (C=N–C) groups is 1. The molecule has 0 atom stereocenters. The van der Waals surface area contributed by atoms with Gasteiger partial charge >= 0.3 is 11.7 Å². The number of rotatable bonds is 2. The van der Waals surface area contributed by atoms with Gasteiger partial charge in [-0.05, 0) is 31.0 Å². The number of aromatic hydroxyl groups is 1. The van der Waals surface area contributed by atoms with E-state index in [0.717, 1.165) is 26.5 Å². The Labute approximate surface area is 137 Å². The molecule has 0 radical (unpaired) electrons. The summed E-state index contributed by atoms with van der Waals surface area (Å²) < 4.78 is 1.72. The summed E-state index contributed by atoms with van der Waals surface area (Å²) in [6, 6.07) is 4.76. The van der Waals surface area contributed by atoms with Crippen LogP contribution in [0.5, 0.6) is 5.88 Å². The highest BCUT2D eigenvalue weighted by Crippen LogP contribution is 2.18. The van der Waals surface area contributed by atoms with Gasteiger partial charge in [-0.1, -0.05) is 12.1 Å². The summed E-state index contributed by atoms with van der Waals surface area (Å²) in [4.78, 5) is 39.2. The first-order chi connectivity index (χ1) is 11.2. The number of aryl methyl sites for hydroxylation is 1. The lowest BCUT2D eigenvalue weighted by Crippen LogP contribution is -2.38. The van der Waals surface area contributed by atoms with Crippen molar-refractivity contribution in [2.75, 3.05) is 5.32 Å². The highest BCUT2D eigenvalue weighted by Gasteiger charge is 2.13. The highest BCUT2D eigenvalue weighted by atomic mass is 16.3. The van der Waals surface area contributed by atoms with Crippen molar-refractivity contribution < 1.29 is 9.90 Å². The number of benzene rings is 1. The number of amides is 2. The summed E-state index contributed by atoms with van der Waals surface area (Å²) >= 11 is 0. The minimum absolute atomic E-state index is 0.240. The van der Waals surface area contributed by atoms with E-state index in [0.29, 0.717) is 5.69 Å². The molecule has 1 aromatic carbocycles. The molecule has 126 valence electrons. The van der Waals surface area contributed by atoms with E-state index in [9.17, 15) is 19.5 Å². The van der Waals surface area contributed by atoms with Crippen LogP contribution in [-0.4, -0.2) is 26.5 Å². The van der Waals surface area contributed by atoms with Gasteiger partial charge < -0.3 is 10.4 Å². The number of urea groups is 1. The molecule has 0 fully saturated rings. The van der Waals surface area contributed by atoms with Crippen molar-refractivity contribution in [1.29, 1.82) is 0 Å². The van der Waals surface area contributed by atoms with E-state index in [1.165, 1.54) is 14.1 Å². The zero-order valence-corrected chi connectivity index (χ0v) is 13.8. The van der Waals surface area contributed by atoms with E-state index < -0.39 is 23.2 Å². The average molecular weight is 330 g/mol. The second-order valence-corrected chi connectivity index (χ2v) is 5.38. The number of hydrogen-bond donors (Lipinski definition) is 2. The van der Waals surface area contributed by atoms with Crippen molar-refractivity contribution in [3.63, 3.8) is 0 Å². The Hall–Kier alpha value is -3.16. The smallest absolute Gasteiger partial charge is 0.345 e. The zero-order chi connectivity index (χ0) is 18.0. The first-order valence-electron chi connectivity index (χ1n) is 7.14. The van der Waals surface area contributed by atoms with E-state index >= 15 is 0 Å². The number of carbonyl (C=O) groups is 1. The molecule has 0 aliphatic heterocycles. The molecule has 0 spiro atoms. The SMILES string of the molecule is Cc1cccc(NC(=O)N=Cc2c(O)n(C)c(=O)n(C)c2=O)c1C. The van der Waals surface area contributed by atoms with Crippen LogP contribution in [0.15, 0.2) is 32.8 Å². The van der Waals surface area contributed by atoms with Gasteiger partial charge in [0.25, 0.3) is 5.56 Å². The topological polar surface area (TPSA) is 106 Å². The Kier molecular flexibility index (Phi) is 4.68. The summed E-state index contributed by atoms with van der Waals surface area (Å²) in [6.07, 6.45) is 0.942. The van der Waals surface area contributed by atoms with Gasteiger partial charge in [0.15, 0.2) is 0 Å². The lowest BCUT2D eigenvalue weighted by Gasteiger charge is -2.08. The Morgan fingerprint density at radius 2 is 1.88 bits per heavy atom. The van der Waals surface area contributed by atoms with E-state index in [1.54, 1.807) is 12.1 Å². The van der Waals surface area contributed by atoms with Crippen LogP contribution in [0.1, 0.15) is 16.7 Å². The number of nitrogens with zero attached hydrogens (tertiary/aromatic N) is 3. The number of anilines is 1. The molecule has 2 amide bonds. The van der Waals surface area contributed by atoms with E-state index in [-0.39, 0.29) is 5.56 Å². The molecule has 0 aliphatic rings. The standard InChI is InChI=1S/C16H18N4O4/c1-9-6-5-7-12(10(9)2)18-15(23)17-8-11-13(21)19(3)16(24)20(4)14(11)22/h5-8,21H,1-4H3,(H,18,23). The first kappa shape index (κ1) is 17.2. The number of nitrogens with one attached hydrogen (secondary N) is 1. The monoisotopic (exact) mass is 330 g/mol. The summed E-state index contributed by atoms with van der Waals surface area (Å²) in [5, 5.41) is 12.5. The van der Waals surface area contributed by atoms with Crippen LogP contribution in [0.4, 0.5) is 10.5 Å². The molecule has 8 heteroatoms. The van der Waals surface area contributed by atoms with Gasteiger partial charge in [0.2, 0.25) is 5.88 Å². The van der Waals surface area contributed by atoms with E-state index in [4.69, 9.17) is 0 Å². The Bertz CT molecular complexity index is 954. The van der Waals surface area contributed by atoms with Crippen LogP contribution < -0.4 is 16.6 Å². The van der Waals surface area contributed by atoms with Crippen molar-refractivity contribution in [2.24, 2.45) is 19.1 Å². The fourth-order valence-electron chi connectivity index (χ4n) is 2.13. The second-order valence-electron chi connectivity index (χ2n) is 5.38.